The predicted octanol–water partition coefficient (Wildman–Crippen LogP) is 2.25. The number of rotatable bonds is 3. The SMILES string of the molecule is Cc1cc(C)cc(OCc2ncc(N)cn2)c1. The van der Waals surface area contributed by atoms with E-state index in [-0.39, 0.29) is 0 Å². The van der Waals surface area contributed by atoms with E-state index in [1.165, 1.54) is 11.1 Å². The second kappa shape index (κ2) is 4.82. The van der Waals surface area contributed by atoms with Crippen LogP contribution in [-0.4, -0.2) is 9.97 Å². The van der Waals surface area contributed by atoms with Gasteiger partial charge < -0.3 is 10.5 Å². The van der Waals surface area contributed by atoms with E-state index in [4.69, 9.17) is 10.5 Å². The number of nitrogen functional groups attached to an aromatic ring is 1. The molecule has 0 amide bonds. The van der Waals surface area contributed by atoms with Gasteiger partial charge >= 0.3 is 0 Å². The standard InChI is InChI=1S/C13H15N3O/c1-9-3-10(2)5-12(4-9)17-8-13-15-6-11(14)7-16-13/h3-7H,8,14H2,1-2H3. The van der Waals surface area contributed by atoms with Crippen LogP contribution in [0.2, 0.25) is 0 Å². The van der Waals surface area contributed by atoms with Gasteiger partial charge in [0, 0.05) is 0 Å². The highest BCUT2D eigenvalue weighted by Gasteiger charge is 2.00. The third-order valence-corrected chi connectivity index (χ3v) is 2.29. The third kappa shape index (κ3) is 3.17. The smallest absolute Gasteiger partial charge is 0.166 e. The maximum absolute atomic E-state index is 5.63. The summed E-state index contributed by atoms with van der Waals surface area (Å²) in [6.07, 6.45) is 3.15. The van der Waals surface area contributed by atoms with Gasteiger partial charge in [-0.15, -0.1) is 0 Å². The van der Waals surface area contributed by atoms with Gasteiger partial charge in [0.15, 0.2) is 5.82 Å². The van der Waals surface area contributed by atoms with E-state index in [9.17, 15) is 0 Å². The maximum atomic E-state index is 5.63. The van der Waals surface area contributed by atoms with E-state index in [0.717, 1.165) is 5.75 Å². The number of benzene rings is 1. The molecule has 0 fully saturated rings. The lowest BCUT2D eigenvalue weighted by molar-refractivity contribution is 0.295. The summed E-state index contributed by atoms with van der Waals surface area (Å²) in [5.41, 5.74) is 8.42. The molecule has 88 valence electrons. The number of nitrogens with two attached hydrogens (primary N) is 1. The van der Waals surface area contributed by atoms with E-state index < -0.39 is 0 Å². The van der Waals surface area contributed by atoms with Crippen molar-refractivity contribution in [2.75, 3.05) is 5.73 Å². The largest absolute Gasteiger partial charge is 0.486 e. The average Bonchev–Trinajstić information content (AvgIpc) is 2.27. The molecule has 2 rings (SSSR count). The van der Waals surface area contributed by atoms with Gasteiger partial charge in [-0.3, -0.25) is 0 Å². The van der Waals surface area contributed by atoms with Crippen molar-refractivity contribution in [3.63, 3.8) is 0 Å². The van der Waals surface area contributed by atoms with Crippen molar-refractivity contribution in [1.29, 1.82) is 0 Å². The molecule has 2 N–H and O–H groups in total. The zero-order valence-corrected chi connectivity index (χ0v) is 9.97. The molecule has 4 nitrogen and oxygen atoms in total. The molecule has 0 radical (unpaired) electrons. The highest BCUT2D eigenvalue weighted by molar-refractivity contribution is 5.33. The van der Waals surface area contributed by atoms with Crippen molar-refractivity contribution < 1.29 is 4.74 Å². The van der Waals surface area contributed by atoms with Gasteiger partial charge in [-0.2, -0.15) is 0 Å². The summed E-state index contributed by atoms with van der Waals surface area (Å²) < 4.78 is 5.63. The molecule has 0 unspecified atom stereocenters. The van der Waals surface area contributed by atoms with Gasteiger partial charge in [-0.05, 0) is 37.1 Å². The predicted molar refractivity (Wildman–Crippen MR) is 66.7 cm³/mol. The van der Waals surface area contributed by atoms with Crippen LogP contribution in [0.4, 0.5) is 5.69 Å². The van der Waals surface area contributed by atoms with Gasteiger partial charge in [-0.25, -0.2) is 9.97 Å². The van der Waals surface area contributed by atoms with Crippen LogP contribution in [0, 0.1) is 13.8 Å². The summed E-state index contributed by atoms with van der Waals surface area (Å²) in [5, 5.41) is 0. The Morgan fingerprint density at radius 1 is 1.06 bits per heavy atom. The number of aromatic nitrogens is 2. The van der Waals surface area contributed by atoms with Crippen LogP contribution < -0.4 is 10.5 Å². The molecule has 0 aliphatic rings. The molecular formula is C13H15N3O. The fourth-order valence-electron chi connectivity index (χ4n) is 1.60. The Morgan fingerprint density at radius 3 is 2.24 bits per heavy atom. The first-order valence-electron chi connectivity index (χ1n) is 5.41. The summed E-state index contributed by atoms with van der Waals surface area (Å²) in [7, 11) is 0. The van der Waals surface area contributed by atoms with Crippen molar-refractivity contribution in [1.82, 2.24) is 9.97 Å². The average molecular weight is 229 g/mol. The Bertz CT molecular complexity index is 488. The number of nitrogens with zero attached hydrogens (tertiary/aromatic N) is 2. The van der Waals surface area contributed by atoms with Crippen LogP contribution in [-0.2, 0) is 6.61 Å². The van der Waals surface area contributed by atoms with Crippen molar-refractivity contribution in [3.05, 3.63) is 47.5 Å². The van der Waals surface area contributed by atoms with Crippen LogP contribution in [0.1, 0.15) is 17.0 Å². The van der Waals surface area contributed by atoms with E-state index in [1.807, 2.05) is 26.0 Å². The molecule has 0 spiro atoms. The fraction of sp³-hybridized carbons (Fsp3) is 0.231. The van der Waals surface area contributed by atoms with Crippen LogP contribution in [0.15, 0.2) is 30.6 Å². The minimum absolute atomic E-state index is 0.350. The minimum Gasteiger partial charge on any atom is -0.486 e. The molecule has 0 saturated heterocycles. The lowest BCUT2D eigenvalue weighted by Crippen LogP contribution is -2.02. The topological polar surface area (TPSA) is 61.0 Å². The number of anilines is 1. The quantitative estimate of drug-likeness (QED) is 0.876. The zero-order valence-electron chi connectivity index (χ0n) is 9.97. The molecule has 1 aromatic carbocycles. The Labute approximate surface area is 100 Å². The Balaban J connectivity index is 2.04. The first-order chi connectivity index (χ1) is 8.13. The number of ether oxygens (including phenoxy) is 1. The van der Waals surface area contributed by atoms with Crippen LogP contribution in [0.3, 0.4) is 0 Å². The molecule has 0 bridgehead atoms. The fourth-order valence-corrected chi connectivity index (χ4v) is 1.60. The van der Waals surface area contributed by atoms with E-state index in [1.54, 1.807) is 12.4 Å². The van der Waals surface area contributed by atoms with Crippen LogP contribution in [0.5, 0.6) is 5.75 Å². The first-order valence-corrected chi connectivity index (χ1v) is 5.41. The number of aryl methyl sites for hydroxylation is 2. The van der Waals surface area contributed by atoms with Gasteiger partial charge in [0.25, 0.3) is 0 Å². The summed E-state index contributed by atoms with van der Waals surface area (Å²) in [6, 6.07) is 6.08. The second-order valence-electron chi connectivity index (χ2n) is 4.04. The van der Waals surface area contributed by atoms with Gasteiger partial charge in [0.2, 0.25) is 0 Å². The van der Waals surface area contributed by atoms with Gasteiger partial charge in [-0.1, -0.05) is 6.07 Å². The zero-order chi connectivity index (χ0) is 12.3. The van der Waals surface area contributed by atoms with Gasteiger partial charge in [0.1, 0.15) is 12.4 Å². The molecule has 0 saturated carbocycles. The minimum atomic E-state index is 0.350. The summed E-state index contributed by atoms with van der Waals surface area (Å²) in [4.78, 5) is 8.15. The Hall–Kier alpha value is -2.10. The van der Waals surface area contributed by atoms with Crippen molar-refractivity contribution in [3.8, 4) is 5.75 Å². The molecule has 0 aliphatic heterocycles. The lowest BCUT2D eigenvalue weighted by Gasteiger charge is -2.07. The van der Waals surface area contributed by atoms with E-state index in [2.05, 4.69) is 16.0 Å². The monoisotopic (exact) mass is 229 g/mol. The maximum Gasteiger partial charge on any atom is 0.166 e. The highest BCUT2D eigenvalue weighted by Crippen LogP contribution is 2.17. The first kappa shape index (κ1) is 11.4. The summed E-state index contributed by atoms with van der Waals surface area (Å²) in [5.74, 6) is 1.46. The normalized spacial score (nSPS) is 10.2. The van der Waals surface area contributed by atoms with Crippen LogP contribution >= 0.6 is 0 Å². The van der Waals surface area contributed by atoms with Crippen molar-refractivity contribution in [2.45, 2.75) is 20.5 Å². The van der Waals surface area contributed by atoms with Crippen molar-refractivity contribution in [2.24, 2.45) is 0 Å². The summed E-state index contributed by atoms with van der Waals surface area (Å²) in [6.45, 7) is 4.43. The van der Waals surface area contributed by atoms with Gasteiger partial charge in [0.05, 0.1) is 18.1 Å². The molecular weight excluding hydrogens is 214 g/mol. The van der Waals surface area contributed by atoms with Crippen LogP contribution in [0.25, 0.3) is 0 Å². The van der Waals surface area contributed by atoms with E-state index >= 15 is 0 Å². The molecule has 1 heterocycles. The molecule has 4 heteroatoms. The molecule has 2 aromatic rings. The Kier molecular flexibility index (Phi) is 3.23. The molecule has 0 atom stereocenters. The Morgan fingerprint density at radius 2 is 1.65 bits per heavy atom. The summed E-state index contributed by atoms with van der Waals surface area (Å²) >= 11 is 0. The van der Waals surface area contributed by atoms with Crippen molar-refractivity contribution >= 4 is 5.69 Å². The molecule has 1 aromatic heterocycles. The second-order valence-corrected chi connectivity index (χ2v) is 4.04. The highest BCUT2D eigenvalue weighted by atomic mass is 16.5. The number of hydrogen-bond donors (Lipinski definition) is 1. The molecule has 17 heavy (non-hydrogen) atoms. The third-order valence-electron chi connectivity index (χ3n) is 2.29. The molecule has 0 aliphatic carbocycles. The lowest BCUT2D eigenvalue weighted by atomic mass is 10.1. The van der Waals surface area contributed by atoms with E-state index in [0.29, 0.717) is 18.1 Å². The number of hydrogen-bond acceptors (Lipinski definition) is 4.